The molecule has 5 rings (SSSR count). The van der Waals surface area contributed by atoms with Gasteiger partial charge in [-0.3, -0.25) is 4.68 Å². The van der Waals surface area contributed by atoms with Crippen LogP contribution in [0.25, 0.3) is 0 Å². The number of hydrogen-bond acceptors (Lipinski definition) is 3. The van der Waals surface area contributed by atoms with E-state index in [2.05, 4.69) is 9.84 Å². The highest BCUT2D eigenvalue weighted by Gasteiger charge is 2.72. The molecule has 4 nitrogen and oxygen atoms in total. The van der Waals surface area contributed by atoms with Crippen molar-refractivity contribution in [3.8, 4) is 0 Å². The van der Waals surface area contributed by atoms with Crippen LogP contribution in [0.4, 0.5) is 26.3 Å². The van der Waals surface area contributed by atoms with Crippen LogP contribution in [0.15, 0.2) is 0 Å². The summed E-state index contributed by atoms with van der Waals surface area (Å²) < 4.78 is 87.2. The summed E-state index contributed by atoms with van der Waals surface area (Å²) in [7, 11) is 0.941. The summed E-state index contributed by atoms with van der Waals surface area (Å²) in [5.74, 6) is -4.12. The van der Waals surface area contributed by atoms with Gasteiger partial charge in [0.1, 0.15) is 11.2 Å². The number of esters is 1. The number of aromatic nitrogens is 2. The van der Waals surface area contributed by atoms with Crippen LogP contribution in [0.1, 0.15) is 60.8 Å². The van der Waals surface area contributed by atoms with E-state index in [0.29, 0.717) is 0 Å². The third kappa shape index (κ3) is 2.66. The number of nitrogens with zero attached hydrogens (tertiary/aromatic N) is 2. The van der Waals surface area contributed by atoms with Crippen molar-refractivity contribution in [3.05, 3.63) is 17.0 Å². The van der Waals surface area contributed by atoms with Gasteiger partial charge in [-0.05, 0) is 24.7 Å². The molecule has 4 fully saturated rings. The molecule has 2 bridgehead atoms. The van der Waals surface area contributed by atoms with Crippen molar-refractivity contribution in [1.29, 1.82) is 0 Å². The van der Waals surface area contributed by atoms with Gasteiger partial charge >= 0.3 is 12.1 Å². The molecule has 4 saturated carbocycles. The summed E-state index contributed by atoms with van der Waals surface area (Å²) in [6.07, 6.45) is -6.13. The van der Waals surface area contributed by atoms with Crippen molar-refractivity contribution in [1.82, 2.24) is 9.78 Å². The summed E-state index contributed by atoms with van der Waals surface area (Å²) in [6.45, 7) is 1.24. The minimum absolute atomic E-state index is 0.0734. The second-order valence-electron chi connectivity index (χ2n) is 8.70. The lowest BCUT2D eigenvalue weighted by atomic mass is 9.41. The number of rotatable bonds is 4. The fourth-order valence-corrected chi connectivity index (χ4v) is 5.11. The first kappa shape index (κ1) is 18.6. The maximum absolute atomic E-state index is 13.9. The molecule has 0 unspecified atom stereocenters. The fraction of sp³-hybridized carbons (Fsp3) is 0.765. The normalized spacial score (nSPS) is 32.9. The zero-order chi connectivity index (χ0) is 20.0. The Balaban J connectivity index is 1.79. The van der Waals surface area contributed by atoms with Gasteiger partial charge in [0.05, 0.1) is 12.8 Å². The third-order valence-corrected chi connectivity index (χ3v) is 5.98. The van der Waals surface area contributed by atoms with Crippen LogP contribution in [0, 0.1) is 5.41 Å². The summed E-state index contributed by atoms with van der Waals surface area (Å²) in [5.41, 5.74) is -5.89. The molecule has 1 aromatic rings. The molecule has 1 aromatic heterocycles. The minimum atomic E-state index is -4.90. The molecule has 0 saturated heterocycles. The second kappa shape index (κ2) is 5.00. The van der Waals surface area contributed by atoms with E-state index in [0.717, 1.165) is 11.8 Å². The summed E-state index contributed by atoms with van der Waals surface area (Å²) in [5, 5.41) is 4.01. The Labute approximate surface area is 150 Å². The molecular formula is C17H18F6N2O2. The predicted octanol–water partition coefficient (Wildman–Crippen LogP) is 4.27. The van der Waals surface area contributed by atoms with E-state index in [1.807, 2.05) is 0 Å². The Bertz CT molecular complexity index is 800. The monoisotopic (exact) mass is 396 g/mol. The molecular weight excluding hydrogens is 378 g/mol. The van der Waals surface area contributed by atoms with E-state index in [1.54, 1.807) is 0 Å². The molecule has 1 heterocycles. The van der Waals surface area contributed by atoms with Crippen molar-refractivity contribution in [2.75, 3.05) is 7.11 Å². The largest absolute Gasteiger partial charge is 0.464 e. The molecule has 0 aliphatic heterocycles. The van der Waals surface area contributed by atoms with Crippen LogP contribution in [-0.2, 0) is 22.9 Å². The topological polar surface area (TPSA) is 44.1 Å². The third-order valence-electron chi connectivity index (χ3n) is 5.98. The van der Waals surface area contributed by atoms with Gasteiger partial charge in [-0.2, -0.15) is 18.3 Å². The summed E-state index contributed by atoms with van der Waals surface area (Å²) in [4.78, 5) is 12.1. The number of carbonyl (C=O) groups excluding carboxylic acids is 1. The lowest BCUT2D eigenvalue weighted by Crippen LogP contribution is -2.67. The van der Waals surface area contributed by atoms with Crippen molar-refractivity contribution in [2.45, 2.75) is 68.8 Å². The highest BCUT2D eigenvalue weighted by molar-refractivity contribution is 5.90. The highest BCUT2D eigenvalue weighted by atomic mass is 19.4. The molecule has 150 valence electrons. The average Bonchev–Trinajstić information content (AvgIpc) is 2.78. The minimum Gasteiger partial charge on any atom is -0.464 e. The van der Waals surface area contributed by atoms with E-state index in [9.17, 15) is 31.1 Å². The number of hydrogen-bond donors (Lipinski definition) is 0. The van der Waals surface area contributed by atoms with Gasteiger partial charge in [-0.1, -0.05) is 6.92 Å². The number of carbonyl (C=O) groups is 1. The van der Waals surface area contributed by atoms with Crippen LogP contribution >= 0.6 is 0 Å². The van der Waals surface area contributed by atoms with Gasteiger partial charge in [-0.15, -0.1) is 0 Å². The smallest absolute Gasteiger partial charge is 0.420 e. The number of methoxy groups -OCH3 is 1. The Hall–Kier alpha value is -1.74. The van der Waals surface area contributed by atoms with Gasteiger partial charge in [0.2, 0.25) is 5.92 Å². The van der Waals surface area contributed by atoms with Gasteiger partial charge < -0.3 is 4.74 Å². The Morgan fingerprint density at radius 3 is 2.11 bits per heavy atom. The van der Waals surface area contributed by atoms with Gasteiger partial charge in [-0.25, -0.2) is 18.0 Å². The summed E-state index contributed by atoms with van der Waals surface area (Å²) in [6, 6.07) is 0. The van der Waals surface area contributed by atoms with Crippen LogP contribution in [0.5, 0.6) is 0 Å². The SMILES string of the molecule is COC(=O)c1c(C(F)(F)F)c(C23CC(F)(C2)C3)nn1CC1(C)CC(F)(F)C1. The molecule has 0 amide bonds. The molecule has 0 atom stereocenters. The molecule has 4 aliphatic rings. The Morgan fingerprint density at radius 2 is 1.70 bits per heavy atom. The maximum Gasteiger partial charge on any atom is 0.420 e. The zero-order valence-corrected chi connectivity index (χ0v) is 14.7. The van der Waals surface area contributed by atoms with Crippen molar-refractivity contribution in [3.63, 3.8) is 0 Å². The molecule has 10 heteroatoms. The van der Waals surface area contributed by atoms with E-state index in [-0.39, 0.29) is 31.5 Å². The maximum atomic E-state index is 13.9. The molecule has 27 heavy (non-hydrogen) atoms. The molecule has 0 radical (unpaired) electrons. The molecule has 0 aromatic carbocycles. The highest BCUT2D eigenvalue weighted by Crippen LogP contribution is 2.70. The van der Waals surface area contributed by atoms with Gasteiger partial charge in [0, 0.05) is 24.8 Å². The van der Waals surface area contributed by atoms with Crippen LogP contribution in [0.3, 0.4) is 0 Å². The second-order valence-corrected chi connectivity index (χ2v) is 8.70. The lowest BCUT2D eigenvalue weighted by Gasteiger charge is -2.65. The van der Waals surface area contributed by atoms with Crippen molar-refractivity contribution >= 4 is 5.97 Å². The molecule has 0 N–H and O–H groups in total. The van der Waals surface area contributed by atoms with E-state index < -0.39 is 58.7 Å². The Morgan fingerprint density at radius 1 is 1.15 bits per heavy atom. The van der Waals surface area contributed by atoms with Crippen LogP contribution < -0.4 is 0 Å². The van der Waals surface area contributed by atoms with E-state index >= 15 is 0 Å². The lowest BCUT2D eigenvalue weighted by molar-refractivity contribution is -0.170. The molecule has 0 spiro atoms. The average molecular weight is 396 g/mol. The first-order chi connectivity index (χ1) is 12.2. The van der Waals surface area contributed by atoms with Crippen molar-refractivity contribution in [2.24, 2.45) is 5.41 Å². The number of ether oxygens (including phenoxy) is 1. The first-order valence-electron chi connectivity index (χ1n) is 8.55. The number of halogens is 6. The van der Waals surface area contributed by atoms with Crippen LogP contribution in [0.2, 0.25) is 0 Å². The zero-order valence-electron chi connectivity index (χ0n) is 14.7. The van der Waals surface area contributed by atoms with E-state index in [1.165, 1.54) is 6.92 Å². The predicted molar refractivity (Wildman–Crippen MR) is 80.2 cm³/mol. The van der Waals surface area contributed by atoms with Gasteiger partial charge in [0.25, 0.3) is 0 Å². The quantitative estimate of drug-likeness (QED) is 0.564. The molecule has 4 aliphatic carbocycles. The Kier molecular flexibility index (Phi) is 3.44. The van der Waals surface area contributed by atoms with E-state index in [4.69, 9.17) is 0 Å². The van der Waals surface area contributed by atoms with Crippen molar-refractivity contribution < 1.29 is 35.9 Å². The summed E-state index contributed by atoms with van der Waals surface area (Å²) >= 11 is 0. The first-order valence-corrected chi connectivity index (χ1v) is 8.55. The van der Waals surface area contributed by atoms with Crippen LogP contribution in [-0.4, -0.2) is 34.5 Å². The van der Waals surface area contributed by atoms with Gasteiger partial charge in [0.15, 0.2) is 5.69 Å². The fourth-order valence-electron chi connectivity index (χ4n) is 5.11. The number of alkyl halides is 6. The standard InChI is InChI=1S/C17H18F6N2O2/c1-13(3-16(19,20)4-13)8-25-10(12(26)27-2)9(17(21,22)23)11(24-25)14-5-15(18,6-14)7-14/h3-8H2,1-2H3.